The molecule has 0 saturated carbocycles. The van der Waals surface area contributed by atoms with Crippen LogP contribution in [0.1, 0.15) is 6.92 Å². The van der Waals surface area contributed by atoms with Crippen LogP contribution in [0.15, 0.2) is 21.6 Å². The minimum Gasteiger partial charge on any atom is -0.492 e. The normalized spacial score (nSPS) is 17.7. The lowest BCUT2D eigenvalue weighted by Gasteiger charge is -2.16. The van der Waals surface area contributed by atoms with Crippen molar-refractivity contribution in [3.63, 3.8) is 0 Å². The third kappa shape index (κ3) is 1.48. The molecule has 76 valence electrons. The fourth-order valence-corrected chi connectivity index (χ4v) is 1.70. The molecule has 0 amide bonds. The van der Waals surface area contributed by atoms with Crippen LogP contribution in [0.5, 0.6) is 0 Å². The minimum absolute atomic E-state index is 0.0216. The highest BCUT2D eigenvalue weighted by Crippen LogP contribution is 2.28. The van der Waals surface area contributed by atoms with Crippen molar-refractivity contribution in [2.75, 3.05) is 14.2 Å². The summed E-state index contributed by atoms with van der Waals surface area (Å²) in [7, 11) is 2.69. The molecule has 5 heteroatoms. The Morgan fingerprint density at radius 2 is 1.50 bits per heavy atom. The number of carbonyl (C=O) groups is 2. The summed E-state index contributed by atoms with van der Waals surface area (Å²) in [5.41, 5.74) is 0.262. The average Bonchev–Trinajstić information content (AvgIpc) is 2.17. The van der Waals surface area contributed by atoms with Crippen LogP contribution in [0.2, 0.25) is 0 Å². The standard InChI is InChI=1S/C9H9BrO4/c1-4-6(11)9(14-3)5(10)7(12)8(4)13-2/h1-3H3. The lowest BCUT2D eigenvalue weighted by Crippen LogP contribution is -2.22. The third-order valence-electron chi connectivity index (χ3n) is 1.90. The third-order valence-corrected chi connectivity index (χ3v) is 2.62. The predicted molar refractivity (Wildman–Crippen MR) is 52.7 cm³/mol. The second-order valence-corrected chi connectivity index (χ2v) is 3.46. The van der Waals surface area contributed by atoms with Crippen molar-refractivity contribution >= 4 is 27.5 Å². The molecule has 0 heterocycles. The van der Waals surface area contributed by atoms with E-state index < -0.39 is 0 Å². The van der Waals surface area contributed by atoms with E-state index in [2.05, 4.69) is 15.9 Å². The second-order valence-electron chi connectivity index (χ2n) is 2.66. The summed E-state index contributed by atoms with van der Waals surface area (Å²) >= 11 is 3.00. The highest BCUT2D eigenvalue weighted by atomic mass is 79.9. The van der Waals surface area contributed by atoms with Crippen LogP contribution >= 0.6 is 15.9 Å². The van der Waals surface area contributed by atoms with Crippen LogP contribution in [0.25, 0.3) is 0 Å². The van der Waals surface area contributed by atoms with Gasteiger partial charge in [0, 0.05) is 5.57 Å². The Bertz CT molecular complexity index is 329. The van der Waals surface area contributed by atoms with E-state index in [1.54, 1.807) is 0 Å². The van der Waals surface area contributed by atoms with Crippen LogP contribution in [0.4, 0.5) is 0 Å². The smallest absolute Gasteiger partial charge is 0.238 e. The number of carbonyl (C=O) groups excluding carboxylic acids is 2. The van der Waals surface area contributed by atoms with Gasteiger partial charge in [-0.25, -0.2) is 0 Å². The number of hydrogen-bond donors (Lipinski definition) is 0. The van der Waals surface area contributed by atoms with Crippen LogP contribution in [0.3, 0.4) is 0 Å². The Morgan fingerprint density at radius 3 is 1.93 bits per heavy atom. The molecular weight excluding hydrogens is 252 g/mol. The Hall–Kier alpha value is -1.10. The lowest BCUT2D eigenvalue weighted by molar-refractivity contribution is -0.120. The molecule has 0 atom stereocenters. The SMILES string of the molecule is COC1=C(C)C(=O)C(OC)=C(Br)C1=O. The maximum Gasteiger partial charge on any atom is 0.238 e. The second kappa shape index (κ2) is 3.96. The van der Waals surface area contributed by atoms with Crippen molar-refractivity contribution < 1.29 is 19.1 Å². The molecule has 0 saturated heterocycles. The summed E-state index contributed by atoms with van der Waals surface area (Å²) in [5.74, 6) is -0.631. The zero-order valence-corrected chi connectivity index (χ0v) is 9.60. The maximum atomic E-state index is 11.6. The molecule has 14 heavy (non-hydrogen) atoms. The molecule has 0 radical (unpaired) electrons. The molecule has 1 rings (SSSR count). The lowest BCUT2D eigenvalue weighted by atomic mass is 10.0. The van der Waals surface area contributed by atoms with Gasteiger partial charge in [0.15, 0.2) is 11.5 Å². The number of ether oxygens (including phenoxy) is 2. The van der Waals surface area contributed by atoms with Crippen molar-refractivity contribution in [3.05, 3.63) is 21.6 Å². The molecule has 0 aromatic rings. The summed E-state index contributed by atoms with van der Waals surface area (Å²) in [5, 5.41) is 0. The van der Waals surface area contributed by atoms with Crippen molar-refractivity contribution in [2.45, 2.75) is 6.92 Å². The van der Waals surface area contributed by atoms with Crippen LogP contribution < -0.4 is 0 Å². The van der Waals surface area contributed by atoms with Gasteiger partial charge in [-0.15, -0.1) is 0 Å². The van der Waals surface area contributed by atoms with Crippen LogP contribution in [-0.2, 0) is 19.1 Å². The van der Waals surface area contributed by atoms with E-state index >= 15 is 0 Å². The van der Waals surface area contributed by atoms with Crippen LogP contribution in [0, 0.1) is 0 Å². The number of allylic oxidation sites excluding steroid dienone is 2. The molecule has 0 bridgehead atoms. The van der Waals surface area contributed by atoms with E-state index in [9.17, 15) is 9.59 Å². The van der Waals surface area contributed by atoms with Gasteiger partial charge in [0.25, 0.3) is 0 Å². The van der Waals surface area contributed by atoms with Crippen molar-refractivity contribution in [3.8, 4) is 0 Å². The number of Topliss-reactive ketones (excluding diaryl/α,β-unsaturated/α-hetero) is 2. The molecule has 4 nitrogen and oxygen atoms in total. The summed E-state index contributed by atoms with van der Waals surface area (Å²) in [6.07, 6.45) is 0. The number of ketones is 2. The van der Waals surface area contributed by atoms with Gasteiger partial charge in [-0.3, -0.25) is 9.59 Å². The Kier molecular flexibility index (Phi) is 3.10. The van der Waals surface area contributed by atoms with Gasteiger partial charge < -0.3 is 9.47 Å². The molecular formula is C9H9BrO4. The van der Waals surface area contributed by atoms with Crippen LogP contribution in [-0.4, -0.2) is 25.8 Å². The van der Waals surface area contributed by atoms with E-state index in [4.69, 9.17) is 9.47 Å². The average molecular weight is 261 g/mol. The molecule has 0 aromatic heterocycles. The molecule has 0 fully saturated rings. The van der Waals surface area contributed by atoms with Crippen molar-refractivity contribution in [2.24, 2.45) is 0 Å². The van der Waals surface area contributed by atoms with Gasteiger partial charge in [-0.2, -0.15) is 0 Å². The first-order valence-corrected chi connectivity index (χ1v) is 4.61. The molecule has 1 aliphatic rings. The van der Waals surface area contributed by atoms with Gasteiger partial charge in [0.05, 0.1) is 14.2 Å². The minimum atomic E-state index is -0.374. The fraction of sp³-hybridized carbons (Fsp3) is 0.333. The highest BCUT2D eigenvalue weighted by molar-refractivity contribution is 9.12. The Morgan fingerprint density at radius 1 is 1.00 bits per heavy atom. The van der Waals surface area contributed by atoms with Crippen molar-refractivity contribution in [1.29, 1.82) is 0 Å². The summed E-state index contributed by atoms with van der Waals surface area (Å²) in [4.78, 5) is 23.1. The molecule has 0 aromatic carbocycles. The first kappa shape index (κ1) is 11.0. The van der Waals surface area contributed by atoms with Gasteiger partial charge in [-0.05, 0) is 22.9 Å². The van der Waals surface area contributed by atoms with E-state index in [1.807, 2.05) is 0 Å². The fourth-order valence-electron chi connectivity index (χ4n) is 1.17. The first-order chi connectivity index (χ1) is 6.54. The van der Waals surface area contributed by atoms with Gasteiger partial charge in [0.1, 0.15) is 4.48 Å². The summed E-state index contributed by atoms with van der Waals surface area (Å²) < 4.78 is 9.76. The first-order valence-electron chi connectivity index (χ1n) is 3.82. The topological polar surface area (TPSA) is 52.6 Å². The number of hydrogen-bond acceptors (Lipinski definition) is 4. The maximum absolute atomic E-state index is 11.6. The molecule has 0 aliphatic heterocycles. The zero-order valence-electron chi connectivity index (χ0n) is 8.01. The Labute approximate surface area is 89.7 Å². The molecule has 0 N–H and O–H groups in total. The number of methoxy groups -OCH3 is 2. The quantitative estimate of drug-likeness (QED) is 0.703. The van der Waals surface area contributed by atoms with E-state index in [0.717, 1.165) is 0 Å². The van der Waals surface area contributed by atoms with Gasteiger partial charge >= 0.3 is 0 Å². The largest absolute Gasteiger partial charge is 0.492 e. The summed E-state index contributed by atoms with van der Waals surface area (Å²) in [6.45, 7) is 1.53. The molecule has 0 spiro atoms. The van der Waals surface area contributed by atoms with Gasteiger partial charge in [-0.1, -0.05) is 0 Å². The number of rotatable bonds is 2. The van der Waals surface area contributed by atoms with E-state index in [0.29, 0.717) is 0 Å². The highest BCUT2D eigenvalue weighted by Gasteiger charge is 2.33. The molecule has 1 aliphatic carbocycles. The monoisotopic (exact) mass is 260 g/mol. The zero-order chi connectivity index (χ0) is 10.9. The predicted octanol–water partition coefficient (Wildman–Crippen LogP) is 1.31. The summed E-state index contributed by atoms with van der Waals surface area (Å²) in [6, 6.07) is 0. The number of halogens is 1. The molecule has 0 unspecified atom stereocenters. The van der Waals surface area contributed by atoms with E-state index in [1.165, 1.54) is 21.1 Å². The Balaban J connectivity index is 3.28. The van der Waals surface area contributed by atoms with E-state index in [-0.39, 0.29) is 33.1 Å². The van der Waals surface area contributed by atoms with Crippen molar-refractivity contribution in [1.82, 2.24) is 0 Å². The van der Waals surface area contributed by atoms with Gasteiger partial charge in [0.2, 0.25) is 11.6 Å².